The topological polar surface area (TPSA) is 129 Å². The molecule has 2 aromatic rings. The molecule has 0 aliphatic carbocycles. The van der Waals surface area contributed by atoms with Crippen molar-refractivity contribution in [3.8, 4) is 11.1 Å². The highest BCUT2D eigenvalue weighted by molar-refractivity contribution is 9.10. The van der Waals surface area contributed by atoms with E-state index < -0.39 is 19.3 Å². The maximum atomic E-state index is 6.54. The number of thioether (sulfide) groups is 2. The number of hydrogen-bond donors (Lipinski definition) is 0. The predicted molar refractivity (Wildman–Crippen MR) is 237 cm³/mol. The molecule has 1 saturated heterocycles. The molecule has 0 N–H and O–H groups in total. The van der Waals surface area contributed by atoms with Gasteiger partial charge in [0, 0.05) is 30.2 Å². The molecule has 0 saturated carbocycles. The van der Waals surface area contributed by atoms with Gasteiger partial charge in [-0.15, -0.1) is 0 Å². The monoisotopic (exact) mass is 950 g/mol. The number of halogens is 1. The van der Waals surface area contributed by atoms with E-state index in [2.05, 4.69) is 80.0 Å². The first-order chi connectivity index (χ1) is 28.6. The van der Waals surface area contributed by atoms with Crippen LogP contribution in [0.25, 0.3) is 11.1 Å². The maximum Gasteiger partial charge on any atom is 0.494 e. The summed E-state index contributed by atoms with van der Waals surface area (Å²) in [5.74, 6) is 4.10. The molecule has 19 heteroatoms. The first-order valence-corrected chi connectivity index (χ1v) is 25.4. The fourth-order valence-corrected chi connectivity index (χ4v) is 14.9. The quantitative estimate of drug-likeness (QED) is 0.0485. The lowest BCUT2D eigenvalue weighted by Crippen LogP contribution is -2.56. The van der Waals surface area contributed by atoms with Crippen molar-refractivity contribution in [3.63, 3.8) is 0 Å². The minimum atomic E-state index is -2.15. The summed E-state index contributed by atoms with van der Waals surface area (Å²) >= 11 is 7.74. The maximum absolute atomic E-state index is 6.54. The van der Waals surface area contributed by atoms with Gasteiger partial charge in [-0.3, -0.25) is 0 Å². The van der Waals surface area contributed by atoms with Gasteiger partial charge < -0.3 is 66.2 Å². The van der Waals surface area contributed by atoms with Crippen molar-refractivity contribution >= 4 is 70.5 Å². The Balaban J connectivity index is 1.13. The van der Waals surface area contributed by atoms with Gasteiger partial charge in [0.2, 0.25) is 0 Å². The number of ether oxygens (including phenoxy) is 12. The van der Waals surface area contributed by atoms with Gasteiger partial charge in [0.25, 0.3) is 0 Å². The van der Waals surface area contributed by atoms with Crippen LogP contribution in [-0.2, 0) is 66.2 Å². The predicted octanol–water partition coefficient (Wildman–Crippen LogP) is 5.57. The van der Waals surface area contributed by atoms with Crippen molar-refractivity contribution in [1.82, 2.24) is 0 Å². The van der Waals surface area contributed by atoms with Crippen molar-refractivity contribution in [2.45, 2.75) is 63.8 Å². The zero-order chi connectivity index (χ0) is 42.2. The van der Waals surface area contributed by atoms with Gasteiger partial charge in [-0.2, -0.15) is 23.5 Å². The van der Waals surface area contributed by atoms with Crippen LogP contribution in [-0.4, -0.2) is 145 Å². The molecule has 2 aliphatic heterocycles. The van der Waals surface area contributed by atoms with E-state index in [0.717, 1.165) is 46.0 Å². The van der Waals surface area contributed by atoms with Crippen molar-refractivity contribution in [1.29, 1.82) is 0 Å². The first kappa shape index (κ1) is 51.0. The Bertz CT molecular complexity index is 1450. The molecule has 0 radical (unpaired) electrons. The summed E-state index contributed by atoms with van der Waals surface area (Å²) in [6, 6.07) is 16.3. The number of rotatable bonds is 35. The summed E-state index contributed by atoms with van der Waals surface area (Å²) in [4.78, 5) is 0. The molecule has 0 bridgehead atoms. The SMILES string of the molecule is COCCSCCC[Si]1(CCCSCCOCOCOCOCOCOCOCOCOCOCOC)c2cc(Br)ccc2-c2ccc(B3OC(C)(C)C(C)(C)O3)cc21. The Hall–Kier alpha value is -0.658. The molecular weight excluding hydrogens is 887 g/mol. The van der Waals surface area contributed by atoms with Crippen molar-refractivity contribution in [3.05, 3.63) is 40.9 Å². The van der Waals surface area contributed by atoms with Crippen molar-refractivity contribution < 1.29 is 66.2 Å². The van der Waals surface area contributed by atoms with E-state index in [4.69, 9.17) is 66.2 Å². The van der Waals surface area contributed by atoms with Crippen LogP contribution in [0.1, 0.15) is 40.5 Å². The zero-order valence-corrected chi connectivity index (χ0v) is 39.8. The Morgan fingerprint density at radius 1 is 0.542 bits per heavy atom. The van der Waals surface area contributed by atoms with E-state index in [9.17, 15) is 0 Å². The molecule has 14 nitrogen and oxygen atoms in total. The van der Waals surface area contributed by atoms with Gasteiger partial charge in [0.1, 0.15) is 21.7 Å². The fraction of sp³-hybridized carbons (Fsp3) is 0.700. The Kier molecular flexibility index (Phi) is 24.4. The van der Waals surface area contributed by atoms with Gasteiger partial charge in [0.15, 0.2) is 54.3 Å². The second kappa shape index (κ2) is 28.2. The molecule has 0 spiro atoms. The Morgan fingerprint density at radius 2 is 0.983 bits per heavy atom. The van der Waals surface area contributed by atoms with Crippen molar-refractivity contribution in [2.24, 2.45) is 0 Å². The van der Waals surface area contributed by atoms with Gasteiger partial charge in [-0.25, -0.2) is 0 Å². The molecule has 4 rings (SSSR count). The molecule has 0 amide bonds. The van der Waals surface area contributed by atoms with Gasteiger partial charge in [-0.05, 0) is 103 Å². The second-order valence-electron chi connectivity index (χ2n) is 14.8. The number of methoxy groups -OCH3 is 2. The van der Waals surface area contributed by atoms with Gasteiger partial charge >= 0.3 is 7.12 Å². The summed E-state index contributed by atoms with van der Waals surface area (Å²) in [6.07, 6.45) is 2.30. The fourth-order valence-electron chi connectivity index (χ4n) is 6.67. The zero-order valence-electron chi connectivity index (χ0n) is 35.6. The lowest BCUT2D eigenvalue weighted by Gasteiger charge is -2.32. The third-order valence-electron chi connectivity index (χ3n) is 10.2. The standard InChI is InChI=1S/C40H64BBrO14S2Si/c1-39(2)40(3,4)56-41(55-39)33-9-11-35-36-12-10-34(42)22-38(36)59(37(35)21-33,19-7-15-57-17-13-43-5)20-8-16-58-18-14-45-24-47-26-49-28-51-30-53-32-54-31-52-29-50-27-48-25-46-23-44-6/h9-12,21-22H,7-8,13-20,23-32H2,1-6H3. The average molecular weight is 952 g/mol. The highest BCUT2D eigenvalue weighted by Crippen LogP contribution is 2.38. The number of benzene rings is 2. The molecule has 1 atom stereocenters. The summed E-state index contributed by atoms with van der Waals surface area (Å²) in [6.45, 7) is 10.3. The van der Waals surface area contributed by atoms with Crippen molar-refractivity contribution in [2.75, 3.05) is 118 Å². The molecular formula is C40H64BBrO14S2Si. The molecule has 59 heavy (non-hydrogen) atoms. The highest BCUT2D eigenvalue weighted by Gasteiger charge is 2.52. The minimum absolute atomic E-state index is 0.00390. The van der Waals surface area contributed by atoms with Crippen LogP contribution in [0.3, 0.4) is 0 Å². The van der Waals surface area contributed by atoms with E-state index in [1.54, 1.807) is 12.3 Å². The molecule has 1 fully saturated rings. The Labute approximate surface area is 369 Å². The first-order valence-electron chi connectivity index (χ1n) is 19.9. The summed E-state index contributed by atoms with van der Waals surface area (Å²) in [5.41, 5.74) is 3.08. The Morgan fingerprint density at radius 3 is 1.47 bits per heavy atom. The van der Waals surface area contributed by atoms with E-state index in [0.29, 0.717) is 6.61 Å². The highest BCUT2D eigenvalue weighted by atomic mass is 79.9. The van der Waals surface area contributed by atoms with Crippen LogP contribution in [0, 0.1) is 0 Å². The van der Waals surface area contributed by atoms with E-state index in [1.807, 2.05) is 23.5 Å². The van der Waals surface area contributed by atoms with E-state index in [1.165, 1.54) is 41.9 Å². The third-order valence-corrected chi connectivity index (χ3v) is 18.0. The van der Waals surface area contributed by atoms with Crippen LogP contribution >= 0.6 is 39.5 Å². The molecule has 1 unspecified atom stereocenters. The molecule has 2 aliphatic rings. The number of hydrogen-bond acceptors (Lipinski definition) is 16. The third kappa shape index (κ3) is 16.8. The van der Waals surface area contributed by atoms with Crippen LogP contribution in [0.2, 0.25) is 12.1 Å². The van der Waals surface area contributed by atoms with Crippen LogP contribution < -0.4 is 15.8 Å². The molecule has 2 aromatic carbocycles. The summed E-state index contributed by atoms with van der Waals surface area (Å²) in [5, 5.41) is 3.07. The lowest BCUT2D eigenvalue weighted by atomic mass is 9.78. The normalized spacial score (nSPS) is 17.8. The largest absolute Gasteiger partial charge is 0.494 e. The van der Waals surface area contributed by atoms with E-state index in [-0.39, 0.29) is 75.0 Å². The van der Waals surface area contributed by atoms with E-state index >= 15 is 0 Å². The van der Waals surface area contributed by atoms with Crippen LogP contribution in [0.5, 0.6) is 0 Å². The molecule has 0 aromatic heterocycles. The summed E-state index contributed by atoms with van der Waals surface area (Å²) < 4.78 is 76.3. The van der Waals surface area contributed by atoms with Gasteiger partial charge in [0.05, 0.1) is 24.4 Å². The number of fused-ring (bicyclic) bond motifs is 3. The van der Waals surface area contributed by atoms with Crippen LogP contribution in [0.4, 0.5) is 0 Å². The molecule has 334 valence electrons. The van der Waals surface area contributed by atoms with Gasteiger partial charge in [-0.1, -0.05) is 40.2 Å². The minimum Gasteiger partial charge on any atom is -0.399 e. The van der Waals surface area contributed by atoms with Crippen LogP contribution in [0.15, 0.2) is 40.9 Å². The second-order valence-corrected chi connectivity index (χ2v) is 22.4. The smallest absolute Gasteiger partial charge is 0.399 e. The lowest BCUT2D eigenvalue weighted by molar-refractivity contribution is -0.231. The molecule has 2 heterocycles. The summed E-state index contributed by atoms with van der Waals surface area (Å²) in [7, 11) is 0.759. The average Bonchev–Trinajstić information content (AvgIpc) is 3.61.